The van der Waals surface area contributed by atoms with Crippen LogP contribution in [-0.4, -0.2) is 33.8 Å². The van der Waals surface area contributed by atoms with Gasteiger partial charge in [0.15, 0.2) is 0 Å². The number of thioether (sulfide) groups is 1. The molecule has 0 bridgehead atoms. The summed E-state index contributed by atoms with van der Waals surface area (Å²) in [6.45, 7) is 3.81. The maximum Gasteiger partial charge on any atom is 0.209 e. The normalized spacial score (nSPS) is 12.6. The van der Waals surface area contributed by atoms with Gasteiger partial charge in [0.25, 0.3) is 0 Å². The molecule has 0 saturated carbocycles. The second kappa shape index (κ2) is 6.51. The van der Waals surface area contributed by atoms with Gasteiger partial charge >= 0.3 is 0 Å². The van der Waals surface area contributed by atoms with Crippen LogP contribution in [0.5, 0.6) is 0 Å². The molecule has 5 nitrogen and oxygen atoms in total. The Balaban J connectivity index is 2.03. The zero-order valence-electron chi connectivity index (χ0n) is 10.6. The van der Waals surface area contributed by atoms with Crippen molar-refractivity contribution in [3.63, 3.8) is 0 Å². The van der Waals surface area contributed by atoms with Crippen molar-refractivity contribution in [3.8, 4) is 0 Å². The van der Waals surface area contributed by atoms with Crippen molar-refractivity contribution < 1.29 is 0 Å². The largest absolute Gasteiger partial charge is 0.318 e. The Labute approximate surface area is 111 Å². The van der Waals surface area contributed by atoms with Crippen LogP contribution in [0.4, 0.5) is 0 Å². The number of hydrogen-bond donors (Lipinski definition) is 1. The van der Waals surface area contributed by atoms with E-state index < -0.39 is 0 Å². The second-order valence-corrected chi connectivity index (χ2v) is 5.27. The van der Waals surface area contributed by atoms with Gasteiger partial charge in [-0.05, 0) is 30.0 Å². The number of nitrogens with one attached hydrogen (secondary N) is 1. The summed E-state index contributed by atoms with van der Waals surface area (Å²) in [5, 5.41) is 16.1. The fourth-order valence-corrected chi connectivity index (χ4v) is 2.53. The highest BCUT2D eigenvalue weighted by Gasteiger charge is 2.12. The smallest absolute Gasteiger partial charge is 0.209 e. The van der Waals surface area contributed by atoms with Crippen LogP contribution in [-0.2, 0) is 6.54 Å². The molecule has 1 unspecified atom stereocenters. The molecule has 0 saturated heterocycles. The van der Waals surface area contributed by atoms with E-state index in [1.54, 1.807) is 11.8 Å². The molecule has 0 fully saturated rings. The molecule has 2 aromatic rings. The number of hydrogen-bond acceptors (Lipinski definition) is 5. The van der Waals surface area contributed by atoms with Crippen LogP contribution in [0.2, 0.25) is 0 Å². The minimum absolute atomic E-state index is 0.338. The van der Waals surface area contributed by atoms with E-state index in [0.29, 0.717) is 5.25 Å². The minimum Gasteiger partial charge on any atom is -0.318 e. The standard InChI is InChI=1S/C12H17N5S/c1-10(11-6-4-3-5-7-11)18-12-14-15-16-17(12)9-8-13-2/h3-7,10,13H,8-9H2,1-2H3. The molecule has 6 heteroatoms. The van der Waals surface area contributed by atoms with E-state index in [1.165, 1.54) is 5.56 Å². The summed E-state index contributed by atoms with van der Waals surface area (Å²) in [7, 11) is 1.92. The summed E-state index contributed by atoms with van der Waals surface area (Å²) < 4.78 is 1.83. The third-order valence-corrected chi connectivity index (χ3v) is 3.75. The van der Waals surface area contributed by atoms with Gasteiger partial charge in [-0.1, -0.05) is 42.1 Å². The lowest BCUT2D eigenvalue weighted by Crippen LogP contribution is -2.16. The predicted octanol–water partition coefficient (Wildman–Crippen LogP) is 1.75. The van der Waals surface area contributed by atoms with Crippen molar-refractivity contribution in [1.82, 2.24) is 25.5 Å². The van der Waals surface area contributed by atoms with Crippen LogP contribution >= 0.6 is 11.8 Å². The summed E-state index contributed by atoms with van der Waals surface area (Å²) in [5.41, 5.74) is 1.28. The predicted molar refractivity (Wildman–Crippen MR) is 72.5 cm³/mol. The Morgan fingerprint density at radius 2 is 2.11 bits per heavy atom. The van der Waals surface area contributed by atoms with Crippen LogP contribution in [0.25, 0.3) is 0 Å². The van der Waals surface area contributed by atoms with Gasteiger partial charge in [0.2, 0.25) is 5.16 Å². The highest BCUT2D eigenvalue weighted by molar-refractivity contribution is 7.99. The molecule has 96 valence electrons. The lowest BCUT2D eigenvalue weighted by molar-refractivity contribution is 0.529. The third-order valence-electron chi connectivity index (χ3n) is 2.62. The topological polar surface area (TPSA) is 55.6 Å². The van der Waals surface area contributed by atoms with Gasteiger partial charge in [-0.2, -0.15) is 0 Å². The fourth-order valence-electron chi connectivity index (χ4n) is 1.59. The number of likely N-dealkylation sites (N-methyl/N-ethyl adjacent to an activating group) is 1. The molecule has 2 rings (SSSR count). The molecule has 0 aliphatic heterocycles. The summed E-state index contributed by atoms with van der Waals surface area (Å²) in [6.07, 6.45) is 0. The highest BCUT2D eigenvalue weighted by Crippen LogP contribution is 2.32. The Bertz CT molecular complexity index is 470. The fraction of sp³-hybridized carbons (Fsp3) is 0.417. The SMILES string of the molecule is CNCCn1nnnc1SC(C)c1ccccc1. The number of tetrazole rings is 1. The monoisotopic (exact) mass is 263 g/mol. The van der Waals surface area contributed by atoms with Gasteiger partial charge in [-0.3, -0.25) is 0 Å². The molecule has 1 aromatic carbocycles. The van der Waals surface area contributed by atoms with E-state index in [0.717, 1.165) is 18.2 Å². The average Bonchev–Trinajstić information content (AvgIpc) is 2.84. The number of benzene rings is 1. The van der Waals surface area contributed by atoms with Crippen molar-refractivity contribution in [1.29, 1.82) is 0 Å². The molecule has 1 heterocycles. The summed E-state index contributed by atoms with van der Waals surface area (Å²) in [5.74, 6) is 0. The van der Waals surface area contributed by atoms with Gasteiger partial charge < -0.3 is 5.32 Å². The van der Waals surface area contributed by atoms with Gasteiger partial charge in [0.05, 0.1) is 6.54 Å². The maximum atomic E-state index is 4.07. The van der Waals surface area contributed by atoms with Gasteiger partial charge in [0.1, 0.15) is 0 Å². The Morgan fingerprint density at radius 3 is 2.83 bits per heavy atom. The van der Waals surface area contributed by atoms with Crippen LogP contribution in [0, 0.1) is 0 Å². The molecule has 0 radical (unpaired) electrons. The lowest BCUT2D eigenvalue weighted by atomic mass is 10.2. The van der Waals surface area contributed by atoms with Gasteiger partial charge in [-0.25, -0.2) is 4.68 Å². The van der Waals surface area contributed by atoms with Gasteiger partial charge in [0, 0.05) is 11.8 Å². The first-order valence-electron chi connectivity index (χ1n) is 5.93. The Hall–Kier alpha value is -1.40. The Kier molecular flexibility index (Phi) is 4.72. The van der Waals surface area contributed by atoms with Crippen molar-refractivity contribution in [2.24, 2.45) is 0 Å². The van der Waals surface area contributed by atoms with Crippen molar-refractivity contribution in [2.45, 2.75) is 23.9 Å². The second-order valence-electron chi connectivity index (χ2n) is 3.96. The molecule has 0 aliphatic rings. The van der Waals surface area contributed by atoms with E-state index in [1.807, 2.05) is 17.8 Å². The zero-order chi connectivity index (χ0) is 12.8. The van der Waals surface area contributed by atoms with E-state index in [2.05, 4.69) is 52.0 Å². The maximum absolute atomic E-state index is 4.07. The zero-order valence-corrected chi connectivity index (χ0v) is 11.4. The van der Waals surface area contributed by atoms with Gasteiger partial charge in [-0.15, -0.1) is 5.10 Å². The lowest BCUT2D eigenvalue weighted by Gasteiger charge is -2.10. The number of nitrogens with zero attached hydrogens (tertiary/aromatic N) is 4. The molecule has 18 heavy (non-hydrogen) atoms. The van der Waals surface area contributed by atoms with Crippen LogP contribution in [0.1, 0.15) is 17.7 Å². The molecule has 0 spiro atoms. The van der Waals surface area contributed by atoms with Crippen molar-refractivity contribution in [2.75, 3.05) is 13.6 Å². The summed E-state index contributed by atoms with van der Waals surface area (Å²) in [4.78, 5) is 0. The first-order chi connectivity index (χ1) is 8.81. The highest BCUT2D eigenvalue weighted by atomic mass is 32.2. The first kappa shape index (κ1) is 13.0. The molecule has 1 N–H and O–H groups in total. The minimum atomic E-state index is 0.338. The quantitative estimate of drug-likeness (QED) is 0.805. The summed E-state index contributed by atoms with van der Waals surface area (Å²) in [6, 6.07) is 10.4. The summed E-state index contributed by atoms with van der Waals surface area (Å²) >= 11 is 1.68. The van der Waals surface area contributed by atoms with E-state index in [9.17, 15) is 0 Å². The molecular formula is C12H17N5S. The van der Waals surface area contributed by atoms with Crippen molar-refractivity contribution in [3.05, 3.63) is 35.9 Å². The average molecular weight is 263 g/mol. The first-order valence-corrected chi connectivity index (χ1v) is 6.81. The number of rotatable bonds is 6. The van der Waals surface area contributed by atoms with Crippen molar-refractivity contribution >= 4 is 11.8 Å². The molecular weight excluding hydrogens is 246 g/mol. The number of aromatic nitrogens is 4. The molecule has 0 aliphatic carbocycles. The molecule has 1 atom stereocenters. The van der Waals surface area contributed by atoms with Crippen LogP contribution in [0.3, 0.4) is 0 Å². The molecule has 0 amide bonds. The molecule has 1 aromatic heterocycles. The van der Waals surface area contributed by atoms with Crippen LogP contribution < -0.4 is 5.32 Å². The third kappa shape index (κ3) is 3.30. The Morgan fingerprint density at radius 1 is 1.33 bits per heavy atom. The van der Waals surface area contributed by atoms with E-state index in [-0.39, 0.29) is 0 Å². The van der Waals surface area contributed by atoms with E-state index >= 15 is 0 Å². The van der Waals surface area contributed by atoms with E-state index in [4.69, 9.17) is 0 Å². The van der Waals surface area contributed by atoms with Crippen LogP contribution in [0.15, 0.2) is 35.5 Å².